The van der Waals surface area contributed by atoms with Crippen LogP contribution in [0.3, 0.4) is 0 Å². The second kappa shape index (κ2) is 40.6. The van der Waals surface area contributed by atoms with E-state index in [0.29, 0.717) is 12.8 Å². The lowest BCUT2D eigenvalue weighted by atomic mass is 10.2. The van der Waals surface area contributed by atoms with Crippen molar-refractivity contribution in [1.29, 1.82) is 0 Å². The van der Waals surface area contributed by atoms with Crippen molar-refractivity contribution in [2.75, 3.05) is 26.4 Å². The minimum absolute atomic E-state index is 0.0416. The second-order valence-corrected chi connectivity index (χ2v) is 14.3. The Bertz CT molecular complexity index is 1350. The van der Waals surface area contributed by atoms with Crippen molar-refractivity contribution in [3.05, 3.63) is 122 Å². The first kappa shape index (κ1) is 53.4. The van der Waals surface area contributed by atoms with E-state index in [9.17, 15) is 24.2 Å². The van der Waals surface area contributed by atoms with Gasteiger partial charge < -0.3 is 24.6 Å². The topological polar surface area (TPSA) is 149 Å². The largest absolute Gasteiger partial charge is 0.472 e. The van der Waals surface area contributed by atoms with Crippen LogP contribution in [0.2, 0.25) is 0 Å². The minimum Gasteiger partial charge on any atom is -0.462 e. The molecule has 0 heterocycles. The number of hydrogen-bond donors (Lipinski definition) is 3. The van der Waals surface area contributed by atoms with E-state index < -0.39 is 51.8 Å². The van der Waals surface area contributed by atoms with Crippen molar-refractivity contribution < 1.29 is 47.8 Å². The Kier molecular flexibility index (Phi) is 38.0. The van der Waals surface area contributed by atoms with Crippen molar-refractivity contribution in [3.63, 3.8) is 0 Å². The fourth-order valence-corrected chi connectivity index (χ4v) is 5.33. The Balaban J connectivity index is 4.56. The number of unbranched alkanes of at least 4 members (excludes halogenated alkanes) is 2. The van der Waals surface area contributed by atoms with E-state index in [4.69, 9.17) is 19.1 Å². The summed E-state index contributed by atoms with van der Waals surface area (Å²) >= 11 is 0. The number of phosphoric ester groups is 1. The molecule has 320 valence electrons. The average molecular weight is 815 g/mol. The van der Waals surface area contributed by atoms with Crippen molar-refractivity contribution >= 4 is 19.8 Å². The van der Waals surface area contributed by atoms with Gasteiger partial charge in [-0.25, -0.2) is 4.57 Å². The molecule has 1 unspecified atom stereocenters. The van der Waals surface area contributed by atoms with Crippen molar-refractivity contribution in [2.24, 2.45) is 0 Å². The maximum absolute atomic E-state index is 12.6. The molecule has 0 rings (SSSR count). The van der Waals surface area contributed by atoms with Crippen LogP contribution in [-0.2, 0) is 32.7 Å². The number of aliphatic hydroxyl groups excluding tert-OH is 2. The summed E-state index contributed by atoms with van der Waals surface area (Å²) in [5.74, 6) is -1.09. The number of ether oxygens (including phenoxy) is 2. The number of carbonyl (C=O) groups is 2. The third-order valence-electron chi connectivity index (χ3n) is 7.62. The molecule has 0 amide bonds. The van der Waals surface area contributed by atoms with Gasteiger partial charge in [-0.2, -0.15) is 0 Å². The van der Waals surface area contributed by atoms with Crippen molar-refractivity contribution in [1.82, 2.24) is 0 Å². The maximum atomic E-state index is 12.6. The molecule has 10 nitrogen and oxygen atoms in total. The number of aliphatic hydroxyl groups is 2. The molecule has 3 N–H and O–H groups in total. The predicted molar refractivity (Wildman–Crippen MR) is 232 cm³/mol. The van der Waals surface area contributed by atoms with Gasteiger partial charge in [-0.05, 0) is 89.9 Å². The summed E-state index contributed by atoms with van der Waals surface area (Å²) in [5, 5.41) is 18.3. The van der Waals surface area contributed by atoms with Gasteiger partial charge in [0, 0.05) is 12.8 Å². The highest BCUT2D eigenvalue weighted by molar-refractivity contribution is 7.47. The first-order valence-corrected chi connectivity index (χ1v) is 22.0. The third kappa shape index (κ3) is 40.4. The average Bonchev–Trinajstić information content (AvgIpc) is 3.20. The first-order chi connectivity index (χ1) is 27.7. The van der Waals surface area contributed by atoms with Gasteiger partial charge in [0.1, 0.15) is 12.7 Å². The zero-order valence-electron chi connectivity index (χ0n) is 34.5. The molecule has 0 radical (unpaired) electrons. The molecule has 0 saturated carbocycles. The Labute approximate surface area is 343 Å². The number of hydrogen-bond acceptors (Lipinski definition) is 9. The fourth-order valence-electron chi connectivity index (χ4n) is 4.54. The number of phosphoric acid groups is 1. The molecule has 0 aromatic rings. The number of allylic oxidation sites excluding steroid dienone is 20. The van der Waals surface area contributed by atoms with Crippen LogP contribution in [0.5, 0.6) is 0 Å². The van der Waals surface area contributed by atoms with E-state index >= 15 is 0 Å². The molecule has 0 aliphatic heterocycles. The van der Waals surface area contributed by atoms with Crippen LogP contribution in [0.1, 0.15) is 117 Å². The summed E-state index contributed by atoms with van der Waals surface area (Å²) in [4.78, 5) is 34.9. The van der Waals surface area contributed by atoms with E-state index in [1.165, 1.54) is 0 Å². The van der Waals surface area contributed by atoms with Gasteiger partial charge in [-0.1, -0.05) is 135 Å². The fraction of sp³-hybridized carbons (Fsp3) is 0.522. The standard InChI is InChI=1S/C46H71O10P/c1-3-5-7-9-11-13-15-17-19-20-21-22-24-26-28-30-32-34-36-38-46(50)56-44(42-55-57(51,52)54-40-43(48)39-47)41-53-45(49)37-35-33-31-29-27-25-23-18-16-14-12-10-8-6-4-2/h5-8,11-14,17-19,21-23,26-29,32,34,43-44,47-48H,3-4,9-10,15-16,20,24-25,30-31,33,35-42H2,1-2H3,(H,51,52)/b7-5+,8-6+,13-11+,14-12+,19-17+,22-21+,23-18+,28-26+,29-27+,34-32+/t43-,44+/m0/s1. The summed E-state index contributed by atoms with van der Waals surface area (Å²) in [6.45, 7) is 1.97. The quantitative estimate of drug-likeness (QED) is 0.0241. The molecular weight excluding hydrogens is 743 g/mol. The Morgan fingerprint density at radius 3 is 1.37 bits per heavy atom. The van der Waals surface area contributed by atoms with Crippen molar-refractivity contribution in [2.45, 2.75) is 129 Å². The maximum Gasteiger partial charge on any atom is 0.472 e. The summed E-state index contributed by atoms with van der Waals surface area (Å²) in [7, 11) is -4.66. The highest BCUT2D eigenvalue weighted by Gasteiger charge is 2.27. The van der Waals surface area contributed by atoms with Crippen LogP contribution in [0.15, 0.2) is 122 Å². The van der Waals surface area contributed by atoms with Crippen LogP contribution in [0.25, 0.3) is 0 Å². The van der Waals surface area contributed by atoms with Gasteiger partial charge in [0.2, 0.25) is 0 Å². The van der Waals surface area contributed by atoms with E-state index in [1.807, 2.05) is 18.2 Å². The lowest BCUT2D eigenvalue weighted by molar-refractivity contribution is -0.161. The zero-order valence-corrected chi connectivity index (χ0v) is 35.4. The predicted octanol–water partition coefficient (Wildman–Crippen LogP) is 10.8. The molecule has 3 atom stereocenters. The van der Waals surface area contributed by atoms with Gasteiger partial charge in [0.15, 0.2) is 6.10 Å². The highest BCUT2D eigenvalue weighted by Crippen LogP contribution is 2.43. The second-order valence-electron chi connectivity index (χ2n) is 12.9. The van der Waals surface area contributed by atoms with Crippen molar-refractivity contribution in [3.8, 4) is 0 Å². The zero-order chi connectivity index (χ0) is 41.9. The van der Waals surface area contributed by atoms with E-state index in [-0.39, 0.29) is 19.4 Å². The van der Waals surface area contributed by atoms with Gasteiger partial charge in [-0.3, -0.25) is 18.6 Å². The third-order valence-corrected chi connectivity index (χ3v) is 8.58. The van der Waals surface area contributed by atoms with Gasteiger partial charge in [0.05, 0.1) is 19.8 Å². The van der Waals surface area contributed by atoms with Gasteiger partial charge in [-0.15, -0.1) is 0 Å². The molecule has 0 fully saturated rings. The highest BCUT2D eigenvalue weighted by atomic mass is 31.2. The van der Waals surface area contributed by atoms with Crippen LogP contribution in [0.4, 0.5) is 0 Å². The Morgan fingerprint density at radius 2 is 0.930 bits per heavy atom. The van der Waals surface area contributed by atoms with Crippen LogP contribution >= 0.6 is 7.82 Å². The number of carbonyl (C=O) groups excluding carboxylic acids is 2. The molecule has 0 aromatic carbocycles. The molecule has 0 aromatic heterocycles. The van der Waals surface area contributed by atoms with Gasteiger partial charge in [0.25, 0.3) is 0 Å². The summed E-state index contributed by atoms with van der Waals surface area (Å²) in [6, 6.07) is 0. The molecule has 0 aliphatic rings. The van der Waals surface area contributed by atoms with Crippen LogP contribution in [-0.4, -0.2) is 65.7 Å². The van der Waals surface area contributed by atoms with E-state index in [0.717, 1.165) is 77.0 Å². The monoisotopic (exact) mass is 814 g/mol. The van der Waals surface area contributed by atoms with Gasteiger partial charge >= 0.3 is 19.8 Å². The van der Waals surface area contributed by atoms with Crippen LogP contribution in [0, 0.1) is 0 Å². The van der Waals surface area contributed by atoms with Crippen LogP contribution < -0.4 is 0 Å². The Morgan fingerprint density at radius 1 is 0.526 bits per heavy atom. The summed E-state index contributed by atoms with van der Waals surface area (Å²) in [6.07, 6.45) is 51.9. The normalized spacial score (nSPS) is 15.1. The molecule has 0 aliphatic carbocycles. The molecule has 0 saturated heterocycles. The molecule has 0 spiro atoms. The lowest BCUT2D eigenvalue weighted by Gasteiger charge is -2.20. The van der Waals surface area contributed by atoms with E-state index in [1.54, 1.807) is 0 Å². The first-order valence-electron chi connectivity index (χ1n) is 20.5. The number of rotatable bonds is 36. The molecule has 0 bridgehead atoms. The number of esters is 2. The molecular formula is C46H71O10P. The SMILES string of the molecule is CC/C=C/C/C=C/C/C=C/C/C=C/C/C=C/C/C=C/CCC(=O)O[C@H](COC(=O)CCCC/C=C/C/C=C/C/C=C/C/C=C/CC)COP(=O)(O)OC[C@@H](O)CO. The lowest BCUT2D eigenvalue weighted by Crippen LogP contribution is -2.29. The molecule has 57 heavy (non-hydrogen) atoms. The summed E-state index contributed by atoms with van der Waals surface area (Å²) in [5.41, 5.74) is 0. The summed E-state index contributed by atoms with van der Waals surface area (Å²) < 4.78 is 32.5. The van der Waals surface area contributed by atoms with E-state index in [2.05, 4.69) is 122 Å². The molecule has 11 heteroatoms. The smallest absolute Gasteiger partial charge is 0.462 e. The minimum atomic E-state index is -4.66. The Hall–Kier alpha value is -3.63.